The zero-order valence-electron chi connectivity index (χ0n) is 11.1. The van der Waals surface area contributed by atoms with E-state index < -0.39 is 12.0 Å². The van der Waals surface area contributed by atoms with Crippen molar-refractivity contribution in [1.82, 2.24) is 9.55 Å². The molecule has 3 nitrogen and oxygen atoms in total. The molecule has 1 unspecified atom stereocenters. The summed E-state index contributed by atoms with van der Waals surface area (Å²) in [7, 11) is 0. The number of nitrogens with two attached hydrogens (primary N) is 1. The van der Waals surface area contributed by atoms with Crippen LogP contribution in [0.4, 0.5) is 18.9 Å². The van der Waals surface area contributed by atoms with Gasteiger partial charge in [-0.25, -0.2) is 4.98 Å². The van der Waals surface area contributed by atoms with Crippen LogP contribution in [0.1, 0.15) is 5.82 Å². The summed E-state index contributed by atoms with van der Waals surface area (Å²) in [5, 5.41) is 0.180. The zero-order chi connectivity index (χ0) is 15.0. The minimum atomic E-state index is -4.46. The first-order valence-electron chi connectivity index (χ1n) is 6.47. The van der Waals surface area contributed by atoms with E-state index in [1.54, 1.807) is 35.7 Å². The summed E-state index contributed by atoms with van der Waals surface area (Å²) in [6.07, 6.45) is -4.46. The maximum absolute atomic E-state index is 13.2. The minimum Gasteiger partial charge on any atom is -0.399 e. The van der Waals surface area contributed by atoms with E-state index in [0.717, 1.165) is 17.3 Å². The summed E-state index contributed by atoms with van der Waals surface area (Å²) < 4.78 is 40.9. The van der Waals surface area contributed by atoms with Crippen molar-refractivity contribution in [2.75, 3.05) is 23.0 Å². The Morgan fingerprint density at radius 3 is 2.81 bits per heavy atom. The number of benzene rings is 1. The number of halogens is 3. The number of anilines is 1. The smallest absolute Gasteiger partial charge is 0.399 e. The summed E-state index contributed by atoms with van der Waals surface area (Å²) in [5.74, 6) is 2.08. The quantitative estimate of drug-likeness (QED) is 0.855. The van der Waals surface area contributed by atoms with Crippen molar-refractivity contribution < 1.29 is 13.2 Å². The molecule has 3 rings (SSSR count). The fourth-order valence-electron chi connectivity index (χ4n) is 2.39. The van der Waals surface area contributed by atoms with Gasteiger partial charge in [-0.2, -0.15) is 36.7 Å². The van der Waals surface area contributed by atoms with E-state index in [2.05, 4.69) is 4.98 Å². The topological polar surface area (TPSA) is 43.8 Å². The van der Waals surface area contributed by atoms with Crippen LogP contribution in [0.3, 0.4) is 0 Å². The van der Waals surface area contributed by atoms with Gasteiger partial charge in [-0.05, 0) is 18.2 Å². The average Bonchev–Trinajstić information content (AvgIpc) is 2.78. The lowest BCUT2D eigenvalue weighted by molar-refractivity contribution is -0.146. The third-order valence-corrected chi connectivity index (χ3v) is 6.12. The molecule has 0 radical (unpaired) electrons. The molecule has 0 bridgehead atoms. The lowest BCUT2D eigenvalue weighted by Gasteiger charge is -2.23. The molecule has 2 aromatic rings. The van der Waals surface area contributed by atoms with Gasteiger partial charge in [0.05, 0.1) is 11.0 Å². The Kier molecular flexibility index (Phi) is 4.00. The van der Waals surface area contributed by atoms with Gasteiger partial charge in [-0.1, -0.05) is 0 Å². The van der Waals surface area contributed by atoms with Crippen LogP contribution in [-0.4, -0.2) is 32.1 Å². The first-order valence-corrected chi connectivity index (χ1v) is 8.68. The first kappa shape index (κ1) is 14.9. The van der Waals surface area contributed by atoms with E-state index >= 15 is 0 Å². The molecule has 2 heterocycles. The molecule has 114 valence electrons. The summed E-state index contributed by atoms with van der Waals surface area (Å²) >= 11 is 3.52. The molecule has 0 saturated carbocycles. The average molecular weight is 333 g/mol. The van der Waals surface area contributed by atoms with Crippen LogP contribution >= 0.6 is 23.5 Å². The first-order chi connectivity index (χ1) is 9.95. The molecular weight excluding hydrogens is 319 g/mol. The minimum absolute atomic E-state index is 0.180. The summed E-state index contributed by atoms with van der Waals surface area (Å²) in [6.45, 7) is 0.326. The Bertz CT molecular complexity index is 648. The van der Waals surface area contributed by atoms with Gasteiger partial charge >= 0.3 is 6.18 Å². The highest BCUT2D eigenvalue weighted by atomic mass is 32.2. The van der Waals surface area contributed by atoms with Crippen molar-refractivity contribution in [3.8, 4) is 0 Å². The third-order valence-electron chi connectivity index (χ3n) is 3.30. The van der Waals surface area contributed by atoms with Crippen molar-refractivity contribution in [3.05, 3.63) is 24.0 Å². The predicted molar refractivity (Wildman–Crippen MR) is 82.7 cm³/mol. The lowest BCUT2D eigenvalue weighted by atomic mass is 10.3. The van der Waals surface area contributed by atoms with Gasteiger partial charge in [-0.3, -0.25) is 0 Å². The Labute approximate surface area is 128 Å². The van der Waals surface area contributed by atoms with E-state index in [-0.39, 0.29) is 5.25 Å². The van der Waals surface area contributed by atoms with Gasteiger partial charge in [0.1, 0.15) is 0 Å². The maximum Gasteiger partial charge on any atom is 0.449 e. The molecule has 21 heavy (non-hydrogen) atoms. The number of hydrogen-bond acceptors (Lipinski definition) is 4. The van der Waals surface area contributed by atoms with Crippen LogP contribution in [0.5, 0.6) is 0 Å². The van der Waals surface area contributed by atoms with Gasteiger partial charge in [-0.15, -0.1) is 0 Å². The zero-order valence-corrected chi connectivity index (χ0v) is 12.7. The monoisotopic (exact) mass is 333 g/mol. The molecule has 1 fully saturated rings. The van der Waals surface area contributed by atoms with Gasteiger partial charge < -0.3 is 10.3 Å². The highest BCUT2D eigenvalue weighted by Crippen LogP contribution is 2.34. The highest BCUT2D eigenvalue weighted by Gasteiger charge is 2.38. The second kappa shape index (κ2) is 5.64. The molecule has 1 aliphatic rings. The van der Waals surface area contributed by atoms with Crippen molar-refractivity contribution in [3.63, 3.8) is 0 Å². The van der Waals surface area contributed by atoms with Gasteiger partial charge in [0, 0.05) is 34.7 Å². The molecule has 0 aliphatic carbocycles. The number of hydrogen-bond donors (Lipinski definition) is 1. The Morgan fingerprint density at radius 2 is 2.14 bits per heavy atom. The highest BCUT2D eigenvalue weighted by molar-refractivity contribution is 8.06. The molecule has 0 amide bonds. The van der Waals surface area contributed by atoms with Gasteiger partial charge in [0.2, 0.25) is 5.82 Å². The number of thioether (sulfide) groups is 2. The normalized spacial score (nSPS) is 20.0. The molecule has 2 N–H and O–H groups in total. The molecule has 8 heteroatoms. The molecule has 1 aliphatic heterocycles. The van der Waals surface area contributed by atoms with Crippen molar-refractivity contribution in [2.24, 2.45) is 0 Å². The molecule has 1 atom stereocenters. The summed E-state index contributed by atoms with van der Waals surface area (Å²) in [4.78, 5) is 3.75. The number of nitrogen functional groups attached to an aromatic ring is 1. The SMILES string of the molecule is Nc1ccc2c(c1)nc(C(F)(F)F)n2CC1CSCCS1. The van der Waals surface area contributed by atoms with Crippen LogP contribution in [0, 0.1) is 0 Å². The van der Waals surface area contributed by atoms with Crippen LogP contribution in [0.15, 0.2) is 18.2 Å². The fourth-order valence-corrected chi connectivity index (χ4v) is 5.05. The molecular formula is C13H14F3N3S2. The number of imidazole rings is 1. The Balaban J connectivity index is 2.04. The standard InChI is InChI=1S/C13H14F3N3S2/c14-13(15,16)12-18-10-5-8(17)1-2-11(10)19(12)6-9-7-20-3-4-21-9/h1-2,5,9H,3-4,6-7,17H2. The second-order valence-corrected chi connectivity index (χ2v) is 7.42. The fraction of sp³-hybridized carbons (Fsp3) is 0.462. The van der Waals surface area contributed by atoms with Crippen LogP contribution in [0.2, 0.25) is 0 Å². The largest absolute Gasteiger partial charge is 0.449 e. The maximum atomic E-state index is 13.2. The molecule has 0 spiro atoms. The van der Waals surface area contributed by atoms with Crippen molar-refractivity contribution >= 4 is 40.2 Å². The van der Waals surface area contributed by atoms with Crippen molar-refractivity contribution in [2.45, 2.75) is 18.0 Å². The number of fused-ring (bicyclic) bond motifs is 1. The van der Waals surface area contributed by atoms with E-state index in [4.69, 9.17) is 5.73 Å². The number of aromatic nitrogens is 2. The summed E-state index contributed by atoms with van der Waals surface area (Å²) in [5.41, 5.74) is 6.85. The number of rotatable bonds is 2. The molecule has 1 saturated heterocycles. The van der Waals surface area contributed by atoms with Gasteiger partial charge in [0.15, 0.2) is 0 Å². The molecule has 1 aromatic heterocycles. The number of alkyl halides is 3. The number of nitrogens with zero attached hydrogens (tertiary/aromatic N) is 2. The predicted octanol–water partition coefficient (Wildman–Crippen LogP) is 3.49. The van der Waals surface area contributed by atoms with Crippen LogP contribution in [0.25, 0.3) is 11.0 Å². The van der Waals surface area contributed by atoms with E-state index in [0.29, 0.717) is 23.3 Å². The van der Waals surface area contributed by atoms with E-state index in [1.807, 2.05) is 0 Å². The van der Waals surface area contributed by atoms with E-state index in [9.17, 15) is 13.2 Å². The Hall–Kier alpha value is -1.02. The van der Waals surface area contributed by atoms with Gasteiger partial charge in [0.25, 0.3) is 0 Å². The van der Waals surface area contributed by atoms with Crippen molar-refractivity contribution in [1.29, 1.82) is 0 Å². The summed E-state index contributed by atoms with van der Waals surface area (Å²) in [6, 6.07) is 4.72. The second-order valence-electron chi connectivity index (χ2n) is 4.86. The van der Waals surface area contributed by atoms with Crippen LogP contribution in [-0.2, 0) is 12.7 Å². The Morgan fingerprint density at radius 1 is 1.33 bits per heavy atom. The van der Waals surface area contributed by atoms with E-state index in [1.165, 1.54) is 10.6 Å². The third kappa shape index (κ3) is 3.11. The lowest BCUT2D eigenvalue weighted by Crippen LogP contribution is -2.24. The van der Waals surface area contributed by atoms with Crippen LogP contribution < -0.4 is 5.73 Å². The molecule has 1 aromatic carbocycles.